The van der Waals surface area contributed by atoms with Crippen molar-refractivity contribution in [2.24, 2.45) is 0 Å². The van der Waals surface area contributed by atoms with Crippen LogP contribution in [0.15, 0.2) is 35.1 Å². The molecule has 1 aromatic heterocycles. The fourth-order valence-electron chi connectivity index (χ4n) is 1.25. The van der Waals surface area contributed by atoms with Crippen LogP contribution in [0.5, 0.6) is 17.4 Å². The van der Waals surface area contributed by atoms with Crippen molar-refractivity contribution in [2.45, 2.75) is 6.36 Å². The van der Waals surface area contributed by atoms with Crippen LogP contribution in [0.2, 0.25) is 5.15 Å². The number of rotatable bonds is 3. The highest BCUT2D eigenvalue weighted by Crippen LogP contribution is 2.37. The standard InChI is InChI=1S/C11H5BrClF3N2O2/c12-8-9(13)17-5-18-10(8)19-6-3-1-2-4-7(6)20-11(14,15)16/h1-5H. The molecule has 2 rings (SSSR count). The van der Waals surface area contributed by atoms with Crippen molar-refractivity contribution >= 4 is 27.5 Å². The lowest BCUT2D eigenvalue weighted by atomic mass is 10.3. The number of halogens is 5. The summed E-state index contributed by atoms with van der Waals surface area (Å²) in [6.07, 6.45) is -3.70. The van der Waals surface area contributed by atoms with Crippen LogP contribution in [-0.4, -0.2) is 16.3 Å². The molecule has 0 aliphatic carbocycles. The molecule has 0 atom stereocenters. The second kappa shape index (κ2) is 5.84. The van der Waals surface area contributed by atoms with Crippen LogP contribution in [0.3, 0.4) is 0 Å². The molecule has 9 heteroatoms. The molecule has 0 spiro atoms. The van der Waals surface area contributed by atoms with E-state index in [0.29, 0.717) is 0 Å². The Morgan fingerprint density at radius 1 is 1.10 bits per heavy atom. The van der Waals surface area contributed by atoms with E-state index in [-0.39, 0.29) is 21.3 Å². The van der Waals surface area contributed by atoms with Crippen LogP contribution >= 0.6 is 27.5 Å². The zero-order valence-electron chi connectivity index (χ0n) is 9.49. The highest BCUT2D eigenvalue weighted by molar-refractivity contribution is 9.10. The molecule has 0 radical (unpaired) electrons. The van der Waals surface area contributed by atoms with E-state index < -0.39 is 12.1 Å². The number of benzene rings is 1. The molecule has 0 N–H and O–H groups in total. The van der Waals surface area contributed by atoms with Gasteiger partial charge >= 0.3 is 6.36 Å². The second-order valence-electron chi connectivity index (χ2n) is 3.38. The molecule has 1 heterocycles. The lowest BCUT2D eigenvalue weighted by molar-refractivity contribution is -0.275. The number of alkyl halides is 3. The van der Waals surface area contributed by atoms with Crippen LogP contribution in [-0.2, 0) is 0 Å². The average Bonchev–Trinajstić information content (AvgIpc) is 2.35. The number of hydrogen-bond donors (Lipinski definition) is 0. The Labute approximate surface area is 124 Å². The van der Waals surface area contributed by atoms with Crippen LogP contribution < -0.4 is 9.47 Å². The zero-order chi connectivity index (χ0) is 14.8. The molecule has 0 bridgehead atoms. The minimum Gasteiger partial charge on any atom is -0.434 e. The van der Waals surface area contributed by atoms with Gasteiger partial charge in [-0.2, -0.15) is 0 Å². The first kappa shape index (κ1) is 14.9. The molecule has 106 valence electrons. The number of aromatic nitrogens is 2. The van der Waals surface area contributed by atoms with Gasteiger partial charge in [-0.25, -0.2) is 9.97 Å². The van der Waals surface area contributed by atoms with E-state index in [1.165, 1.54) is 18.2 Å². The van der Waals surface area contributed by atoms with Gasteiger partial charge in [-0.05, 0) is 28.1 Å². The molecule has 0 unspecified atom stereocenters. The summed E-state index contributed by atoms with van der Waals surface area (Å²) in [6.45, 7) is 0. The second-order valence-corrected chi connectivity index (χ2v) is 4.53. The van der Waals surface area contributed by atoms with Gasteiger partial charge in [-0.3, -0.25) is 0 Å². The first-order valence-corrected chi connectivity index (χ1v) is 6.22. The molecule has 0 fully saturated rings. The topological polar surface area (TPSA) is 44.2 Å². The summed E-state index contributed by atoms with van der Waals surface area (Å²) >= 11 is 8.82. The van der Waals surface area contributed by atoms with Crippen molar-refractivity contribution in [1.29, 1.82) is 0 Å². The van der Waals surface area contributed by atoms with Crippen molar-refractivity contribution < 1.29 is 22.6 Å². The van der Waals surface area contributed by atoms with E-state index in [1.54, 1.807) is 0 Å². The molecule has 0 aliphatic rings. The maximum absolute atomic E-state index is 12.3. The Balaban J connectivity index is 2.32. The molecular weight excluding hydrogens is 364 g/mol. The predicted molar refractivity (Wildman–Crippen MR) is 67.9 cm³/mol. The minimum absolute atomic E-state index is 0.0248. The largest absolute Gasteiger partial charge is 0.573 e. The summed E-state index contributed by atoms with van der Waals surface area (Å²) in [7, 11) is 0. The van der Waals surface area contributed by atoms with E-state index >= 15 is 0 Å². The van der Waals surface area contributed by atoms with Crippen molar-refractivity contribution in [1.82, 2.24) is 9.97 Å². The third-order valence-corrected chi connectivity index (χ3v) is 3.23. The summed E-state index contributed by atoms with van der Waals surface area (Å²) in [6, 6.07) is 5.31. The van der Waals surface area contributed by atoms with Crippen molar-refractivity contribution in [3.8, 4) is 17.4 Å². The van der Waals surface area contributed by atoms with Gasteiger partial charge in [-0.15, -0.1) is 13.2 Å². The summed E-state index contributed by atoms with van der Waals surface area (Å²) in [4.78, 5) is 7.45. The molecule has 0 saturated heterocycles. The van der Waals surface area contributed by atoms with Crippen LogP contribution in [0.25, 0.3) is 0 Å². The lowest BCUT2D eigenvalue weighted by Crippen LogP contribution is -2.17. The summed E-state index contributed by atoms with van der Waals surface area (Å²) < 4.78 is 46.2. The normalized spacial score (nSPS) is 11.2. The third kappa shape index (κ3) is 3.73. The Kier molecular flexibility index (Phi) is 4.34. The van der Waals surface area contributed by atoms with E-state index in [2.05, 4.69) is 30.6 Å². The van der Waals surface area contributed by atoms with E-state index in [9.17, 15) is 13.2 Å². The number of hydrogen-bond acceptors (Lipinski definition) is 4. The highest BCUT2D eigenvalue weighted by atomic mass is 79.9. The zero-order valence-corrected chi connectivity index (χ0v) is 11.8. The average molecular weight is 370 g/mol. The van der Waals surface area contributed by atoms with Gasteiger partial charge in [0, 0.05) is 0 Å². The summed E-state index contributed by atoms with van der Waals surface area (Å²) in [5, 5.41) is 0.0734. The van der Waals surface area contributed by atoms with E-state index in [0.717, 1.165) is 12.4 Å². The quantitative estimate of drug-likeness (QED) is 0.743. The van der Waals surface area contributed by atoms with E-state index in [1.807, 2.05) is 0 Å². The highest BCUT2D eigenvalue weighted by Gasteiger charge is 2.32. The Hall–Kier alpha value is -1.54. The number of nitrogens with zero attached hydrogens (tertiary/aromatic N) is 2. The summed E-state index contributed by atoms with van der Waals surface area (Å²) in [5.74, 6) is -0.662. The van der Waals surface area contributed by atoms with Crippen LogP contribution in [0, 0.1) is 0 Å². The van der Waals surface area contributed by atoms with Crippen molar-refractivity contribution in [3.63, 3.8) is 0 Å². The van der Waals surface area contributed by atoms with Crippen LogP contribution in [0.1, 0.15) is 0 Å². The van der Waals surface area contributed by atoms with Gasteiger partial charge in [0.2, 0.25) is 5.88 Å². The summed E-state index contributed by atoms with van der Waals surface area (Å²) in [5.41, 5.74) is 0. The van der Waals surface area contributed by atoms with Gasteiger partial charge in [0.1, 0.15) is 10.8 Å². The van der Waals surface area contributed by atoms with E-state index in [4.69, 9.17) is 16.3 Å². The maximum Gasteiger partial charge on any atom is 0.573 e. The molecule has 0 amide bonds. The Morgan fingerprint density at radius 3 is 2.40 bits per heavy atom. The fraction of sp³-hybridized carbons (Fsp3) is 0.0909. The van der Waals surface area contributed by atoms with Crippen molar-refractivity contribution in [3.05, 3.63) is 40.2 Å². The first-order valence-electron chi connectivity index (χ1n) is 5.05. The number of ether oxygens (including phenoxy) is 2. The van der Waals surface area contributed by atoms with Gasteiger partial charge < -0.3 is 9.47 Å². The van der Waals surface area contributed by atoms with Gasteiger partial charge in [0.15, 0.2) is 16.7 Å². The van der Waals surface area contributed by atoms with Gasteiger partial charge in [0.05, 0.1) is 0 Å². The molecule has 0 saturated carbocycles. The SMILES string of the molecule is FC(F)(F)Oc1ccccc1Oc1ncnc(Cl)c1Br. The van der Waals surface area contributed by atoms with Gasteiger partial charge in [-0.1, -0.05) is 23.7 Å². The lowest BCUT2D eigenvalue weighted by Gasteiger charge is -2.13. The minimum atomic E-state index is -4.82. The Morgan fingerprint density at radius 2 is 1.75 bits per heavy atom. The van der Waals surface area contributed by atoms with Crippen molar-refractivity contribution in [2.75, 3.05) is 0 Å². The number of para-hydroxylation sites is 2. The molecular formula is C11H5BrClF3N2O2. The maximum atomic E-state index is 12.3. The smallest absolute Gasteiger partial charge is 0.434 e. The van der Waals surface area contributed by atoms with Gasteiger partial charge in [0.25, 0.3) is 0 Å². The monoisotopic (exact) mass is 368 g/mol. The Bertz CT molecular complexity index is 625. The molecule has 20 heavy (non-hydrogen) atoms. The predicted octanol–water partition coefficient (Wildman–Crippen LogP) is 4.58. The molecule has 2 aromatic rings. The third-order valence-electron chi connectivity index (χ3n) is 2.00. The molecule has 0 aliphatic heterocycles. The fourth-order valence-corrected chi connectivity index (χ4v) is 1.66. The molecule has 1 aromatic carbocycles. The first-order chi connectivity index (χ1) is 9.37. The molecule has 4 nitrogen and oxygen atoms in total. The van der Waals surface area contributed by atoms with Crippen LogP contribution in [0.4, 0.5) is 13.2 Å².